The lowest BCUT2D eigenvalue weighted by Crippen LogP contribution is -2.42. The Morgan fingerprint density at radius 1 is 1.19 bits per heavy atom. The van der Waals surface area contributed by atoms with Crippen LogP contribution in [0.1, 0.15) is 17.4 Å². The number of hydrogen-bond acceptors (Lipinski definition) is 7. The first kappa shape index (κ1) is 18.1. The molecule has 3 rings (SSSR count). The summed E-state index contributed by atoms with van der Waals surface area (Å²) in [6, 6.07) is 8.91. The average Bonchev–Trinajstić information content (AvgIpc) is 3.34. The first-order valence-corrected chi connectivity index (χ1v) is 9.65. The predicted molar refractivity (Wildman–Crippen MR) is 99.6 cm³/mol. The quantitative estimate of drug-likeness (QED) is 0.494. The second kappa shape index (κ2) is 8.59. The number of aromatic nitrogens is 4. The number of rotatable bonds is 6. The Kier molecular flexibility index (Phi) is 5.97. The van der Waals surface area contributed by atoms with Crippen molar-refractivity contribution in [3.8, 4) is 10.7 Å². The van der Waals surface area contributed by atoms with E-state index in [-0.39, 0.29) is 17.4 Å². The molecule has 0 aliphatic heterocycles. The third-order valence-corrected chi connectivity index (χ3v) is 5.15. The van der Waals surface area contributed by atoms with Crippen LogP contribution in [0, 0.1) is 0 Å². The monoisotopic (exact) mass is 388 g/mol. The van der Waals surface area contributed by atoms with E-state index in [1.165, 1.54) is 18.0 Å². The van der Waals surface area contributed by atoms with Gasteiger partial charge in [-0.25, -0.2) is 0 Å². The molecule has 3 aromatic heterocycles. The zero-order chi connectivity index (χ0) is 18.4. The highest BCUT2D eigenvalue weighted by atomic mass is 32.2. The Hall–Kier alpha value is -2.72. The molecule has 2 N–H and O–H groups in total. The van der Waals surface area contributed by atoms with Gasteiger partial charge in [0.05, 0.1) is 10.6 Å². The van der Waals surface area contributed by atoms with Crippen molar-refractivity contribution in [1.29, 1.82) is 0 Å². The smallest absolute Gasteiger partial charge is 0.288 e. The lowest BCUT2D eigenvalue weighted by Gasteiger charge is -2.08. The summed E-state index contributed by atoms with van der Waals surface area (Å²) in [6.07, 6.45) is 1.51. The van der Waals surface area contributed by atoms with E-state index in [0.717, 1.165) is 10.7 Å². The SMILES string of the molecule is CCn1c(SCC(=O)NNC(=O)c2ccccn2)nnc1-c1cccs1. The Bertz CT molecular complexity index is 880. The fraction of sp³-hybridized carbons (Fsp3) is 0.188. The van der Waals surface area contributed by atoms with Crippen molar-refractivity contribution < 1.29 is 9.59 Å². The number of carbonyl (C=O) groups excluding carboxylic acids is 2. The molecule has 3 aromatic rings. The Balaban J connectivity index is 1.54. The summed E-state index contributed by atoms with van der Waals surface area (Å²) in [5.41, 5.74) is 4.93. The lowest BCUT2D eigenvalue weighted by atomic mass is 10.3. The number of amides is 2. The van der Waals surface area contributed by atoms with Crippen LogP contribution in [0.3, 0.4) is 0 Å². The minimum Gasteiger partial charge on any atom is -0.302 e. The summed E-state index contributed by atoms with van der Waals surface area (Å²) >= 11 is 2.85. The van der Waals surface area contributed by atoms with Gasteiger partial charge in [-0.1, -0.05) is 23.9 Å². The molecule has 0 bridgehead atoms. The molecule has 2 amide bonds. The Morgan fingerprint density at radius 2 is 2.08 bits per heavy atom. The van der Waals surface area contributed by atoms with E-state index in [0.29, 0.717) is 11.7 Å². The fourth-order valence-corrected chi connectivity index (χ4v) is 3.64. The van der Waals surface area contributed by atoms with Gasteiger partial charge in [-0.05, 0) is 30.5 Å². The number of thioether (sulfide) groups is 1. The van der Waals surface area contributed by atoms with Crippen LogP contribution in [0.25, 0.3) is 10.7 Å². The van der Waals surface area contributed by atoms with E-state index in [2.05, 4.69) is 26.0 Å². The van der Waals surface area contributed by atoms with Gasteiger partial charge in [0.15, 0.2) is 11.0 Å². The summed E-state index contributed by atoms with van der Waals surface area (Å²) in [6.45, 7) is 2.69. The van der Waals surface area contributed by atoms with Crippen molar-refractivity contribution in [2.75, 3.05) is 5.75 Å². The van der Waals surface area contributed by atoms with Gasteiger partial charge in [0.25, 0.3) is 5.91 Å². The molecule has 0 aliphatic carbocycles. The number of nitrogens with one attached hydrogen (secondary N) is 2. The summed E-state index contributed by atoms with van der Waals surface area (Å²) < 4.78 is 1.95. The third-order valence-electron chi connectivity index (χ3n) is 3.32. The van der Waals surface area contributed by atoms with Gasteiger partial charge in [0.2, 0.25) is 5.91 Å². The molecule has 0 unspecified atom stereocenters. The molecule has 0 saturated carbocycles. The van der Waals surface area contributed by atoms with Crippen molar-refractivity contribution in [2.24, 2.45) is 0 Å². The molecule has 0 fully saturated rings. The van der Waals surface area contributed by atoms with E-state index in [1.54, 1.807) is 29.5 Å². The molecule has 10 heteroatoms. The van der Waals surface area contributed by atoms with E-state index < -0.39 is 5.91 Å². The van der Waals surface area contributed by atoms with Crippen LogP contribution >= 0.6 is 23.1 Å². The van der Waals surface area contributed by atoms with Crippen LogP contribution < -0.4 is 10.9 Å². The normalized spacial score (nSPS) is 10.5. The number of carbonyl (C=O) groups is 2. The topological polar surface area (TPSA) is 102 Å². The van der Waals surface area contributed by atoms with Gasteiger partial charge >= 0.3 is 0 Å². The number of pyridine rings is 1. The number of hydrazine groups is 1. The minimum absolute atomic E-state index is 0.102. The molecule has 0 aliphatic rings. The maximum atomic E-state index is 12.0. The van der Waals surface area contributed by atoms with Crippen LogP contribution in [0.5, 0.6) is 0 Å². The fourth-order valence-electron chi connectivity index (χ4n) is 2.12. The van der Waals surface area contributed by atoms with Crippen molar-refractivity contribution in [3.63, 3.8) is 0 Å². The number of nitrogens with zero attached hydrogens (tertiary/aromatic N) is 4. The van der Waals surface area contributed by atoms with E-state index in [4.69, 9.17) is 0 Å². The largest absolute Gasteiger partial charge is 0.302 e. The summed E-state index contributed by atoms with van der Waals surface area (Å²) in [7, 11) is 0. The minimum atomic E-state index is -0.472. The average molecular weight is 388 g/mol. The third kappa shape index (κ3) is 4.27. The molecule has 3 heterocycles. The first-order chi connectivity index (χ1) is 12.7. The Morgan fingerprint density at radius 3 is 2.77 bits per heavy atom. The lowest BCUT2D eigenvalue weighted by molar-refractivity contribution is -0.119. The first-order valence-electron chi connectivity index (χ1n) is 7.79. The van der Waals surface area contributed by atoms with E-state index in [1.807, 2.05) is 29.0 Å². The van der Waals surface area contributed by atoms with Crippen LogP contribution in [-0.2, 0) is 11.3 Å². The highest BCUT2D eigenvalue weighted by Gasteiger charge is 2.15. The van der Waals surface area contributed by atoms with Gasteiger partial charge in [-0.3, -0.25) is 25.4 Å². The van der Waals surface area contributed by atoms with Gasteiger partial charge < -0.3 is 4.57 Å². The molecule has 0 aromatic carbocycles. The van der Waals surface area contributed by atoms with Gasteiger partial charge in [-0.15, -0.1) is 21.5 Å². The van der Waals surface area contributed by atoms with Crippen molar-refractivity contribution >= 4 is 34.9 Å². The molecule has 0 saturated heterocycles. The predicted octanol–water partition coefficient (Wildman–Crippen LogP) is 1.97. The van der Waals surface area contributed by atoms with Crippen molar-refractivity contribution in [3.05, 3.63) is 47.6 Å². The molecular formula is C16H16N6O2S2. The Labute approximate surface area is 158 Å². The van der Waals surface area contributed by atoms with Gasteiger partial charge in [0, 0.05) is 12.7 Å². The highest BCUT2D eigenvalue weighted by molar-refractivity contribution is 7.99. The zero-order valence-electron chi connectivity index (χ0n) is 13.9. The van der Waals surface area contributed by atoms with Crippen LogP contribution in [-0.4, -0.2) is 37.3 Å². The van der Waals surface area contributed by atoms with Gasteiger partial charge in [-0.2, -0.15) is 0 Å². The van der Waals surface area contributed by atoms with Crippen LogP contribution in [0.2, 0.25) is 0 Å². The van der Waals surface area contributed by atoms with E-state index in [9.17, 15) is 9.59 Å². The molecule has 0 spiro atoms. The van der Waals surface area contributed by atoms with Crippen LogP contribution in [0.15, 0.2) is 47.1 Å². The second-order valence-corrected chi connectivity index (χ2v) is 6.92. The maximum absolute atomic E-state index is 12.0. The molecule has 26 heavy (non-hydrogen) atoms. The van der Waals surface area contributed by atoms with Crippen molar-refractivity contribution in [1.82, 2.24) is 30.6 Å². The zero-order valence-corrected chi connectivity index (χ0v) is 15.5. The van der Waals surface area contributed by atoms with E-state index >= 15 is 0 Å². The van der Waals surface area contributed by atoms with Crippen molar-refractivity contribution in [2.45, 2.75) is 18.6 Å². The molecule has 134 valence electrons. The molecule has 0 radical (unpaired) electrons. The summed E-state index contributed by atoms with van der Waals surface area (Å²) in [4.78, 5) is 28.7. The van der Waals surface area contributed by atoms with Crippen LogP contribution in [0.4, 0.5) is 0 Å². The number of hydrogen-bond donors (Lipinski definition) is 2. The highest BCUT2D eigenvalue weighted by Crippen LogP contribution is 2.26. The molecule has 8 nitrogen and oxygen atoms in total. The maximum Gasteiger partial charge on any atom is 0.288 e. The second-order valence-electron chi connectivity index (χ2n) is 5.03. The summed E-state index contributed by atoms with van der Waals surface area (Å²) in [5, 5.41) is 11.0. The summed E-state index contributed by atoms with van der Waals surface area (Å²) in [5.74, 6) is 0.0718. The number of thiophene rings is 1. The van der Waals surface area contributed by atoms with Gasteiger partial charge in [0.1, 0.15) is 5.69 Å². The molecular weight excluding hydrogens is 372 g/mol. The molecule has 0 atom stereocenters. The standard InChI is InChI=1S/C16H16N6O2S2/c1-2-22-14(12-7-5-9-25-12)19-21-16(22)26-10-13(23)18-20-15(24)11-6-3-4-8-17-11/h3-9H,2,10H2,1H3,(H,18,23)(H,20,24).